The number of hydrogen-bond acceptors (Lipinski definition) is 4. The summed E-state index contributed by atoms with van der Waals surface area (Å²) in [7, 11) is 0. The average Bonchev–Trinajstić information content (AvgIpc) is 2.84. The van der Waals surface area contributed by atoms with Crippen molar-refractivity contribution >= 4 is 46.1 Å². The molecule has 34 heavy (non-hydrogen) atoms. The summed E-state index contributed by atoms with van der Waals surface area (Å²) in [5.41, 5.74) is 4.61. The van der Waals surface area contributed by atoms with Gasteiger partial charge in [-0.1, -0.05) is 59.6 Å². The van der Waals surface area contributed by atoms with Crippen LogP contribution in [-0.4, -0.2) is 18.7 Å². The second-order valence-electron chi connectivity index (χ2n) is 7.44. The standard InChI is InChI=1S/C27H22Cl2N2O3/c1-2-33-25-15-19(16-30-31-27(32)21-9-11-23(28)12-10-21)14-24(29)26(25)34-17-18-7-8-20-5-3-4-6-22(20)13-18/h3-16H,2,17H2,1H3,(H,31,32)/b30-16-. The number of hydrogen-bond donors (Lipinski definition) is 1. The lowest BCUT2D eigenvalue weighted by atomic mass is 10.1. The van der Waals surface area contributed by atoms with E-state index < -0.39 is 0 Å². The highest BCUT2D eigenvalue weighted by atomic mass is 35.5. The van der Waals surface area contributed by atoms with Crippen LogP contribution in [0.3, 0.4) is 0 Å². The molecule has 1 N–H and O–H groups in total. The molecule has 0 aliphatic heterocycles. The maximum atomic E-state index is 12.2. The Labute approximate surface area is 207 Å². The predicted octanol–water partition coefficient (Wildman–Crippen LogP) is 6.89. The van der Waals surface area contributed by atoms with Gasteiger partial charge in [0.2, 0.25) is 0 Å². The molecule has 0 aromatic heterocycles. The molecular weight excluding hydrogens is 471 g/mol. The molecule has 4 rings (SSSR count). The summed E-state index contributed by atoms with van der Waals surface area (Å²) >= 11 is 12.4. The Balaban J connectivity index is 1.47. The van der Waals surface area contributed by atoms with Gasteiger partial charge in [0.1, 0.15) is 6.61 Å². The first-order chi connectivity index (χ1) is 16.5. The summed E-state index contributed by atoms with van der Waals surface area (Å²) in [4.78, 5) is 12.2. The molecule has 1 amide bonds. The Kier molecular flexibility index (Phi) is 7.68. The van der Waals surface area contributed by atoms with E-state index in [1.54, 1.807) is 36.4 Å². The van der Waals surface area contributed by atoms with E-state index in [-0.39, 0.29) is 5.91 Å². The number of halogens is 2. The molecule has 0 spiro atoms. The van der Waals surface area contributed by atoms with Crippen LogP contribution in [0.25, 0.3) is 10.8 Å². The normalized spacial score (nSPS) is 11.0. The van der Waals surface area contributed by atoms with Crippen molar-refractivity contribution in [1.82, 2.24) is 5.43 Å². The molecule has 4 aromatic rings. The Bertz CT molecular complexity index is 1340. The molecular formula is C27H22Cl2N2O3. The fourth-order valence-electron chi connectivity index (χ4n) is 3.38. The summed E-state index contributed by atoms with van der Waals surface area (Å²) in [6.45, 7) is 2.67. The van der Waals surface area contributed by atoms with Crippen molar-refractivity contribution in [3.63, 3.8) is 0 Å². The van der Waals surface area contributed by atoms with Gasteiger partial charge in [-0.05, 0) is 71.3 Å². The number of nitrogens with one attached hydrogen (secondary N) is 1. The molecule has 0 atom stereocenters. The molecule has 0 saturated carbocycles. The van der Waals surface area contributed by atoms with Crippen LogP contribution in [0.4, 0.5) is 0 Å². The molecule has 0 aliphatic rings. The van der Waals surface area contributed by atoms with Gasteiger partial charge >= 0.3 is 0 Å². The molecule has 0 radical (unpaired) electrons. The first-order valence-corrected chi connectivity index (χ1v) is 11.4. The van der Waals surface area contributed by atoms with Crippen molar-refractivity contribution in [3.8, 4) is 11.5 Å². The summed E-state index contributed by atoms with van der Waals surface area (Å²) < 4.78 is 11.8. The van der Waals surface area contributed by atoms with Gasteiger partial charge in [0.25, 0.3) is 5.91 Å². The second-order valence-corrected chi connectivity index (χ2v) is 8.28. The van der Waals surface area contributed by atoms with E-state index in [0.717, 1.165) is 10.9 Å². The summed E-state index contributed by atoms with van der Waals surface area (Å²) in [6.07, 6.45) is 1.50. The fourth-order valence-corrected chi connectivity index (χ4v) is 3.78. The lowest BCUT2D eigenvalue weighted by molar-refractivity contribution is 0.0955. The predicted molar refractivity (Wildman–Crippen MR) is 137 cm³/mol. The van der Waals surface area contributed by atoms with E-state index in [1.807, 2.05) is 25.1 Å². The highest BCUT2D eigenvalue weighted by Crippen LogP contribution is 2.37. The van der Waals surface area contributed by atoms with E-state index in [0.29, 0.717) is 45.9 Å². The summed E-state index contributed by atoms with van der Waals surface area (Å²) in [6, 6.07) is 24.4. The van der Waals surface area contributed by atoms with Gasteiger partial charge in [0.05, 0.1) is 17.8 Å². The number of hydrazone groups is 1. The minimum absolute atomic E-state index is 0.342. The lowest BCUT2D eigenvalue weighted by Crippen LogP contribution is -2.17. The zero-order valence-corrected chi connectivity index (χ0v) is 19.9. The van der Waals surface area contributed by atoms with Crippen LogP contribution >= 0.6 is 23.2 Å². The van der Waals surface area contributed by atoms with Gasteiger partial charge in [-0.15, -0.1) is 0 Å². The molecule has 4 aromatic carbocycles. The van der Waals surface area contributed by atoms with Crippen LogP contribution in [0.15, 0.2) is 84.0 Å². The van der Waals surface area contributed by atoms with E-state index in [1.165, 1.54) is 11.6 Å². The van der Waals surface area contributed by atoms with Crippen molar-refractivity contribution in [2.45, 2.75) is 13.5 Å². The van der Waals surface area contributed by atoms with Gasteiger partial charge < -0.3 is 9.47 Å². The van der Waals surface area contributed by atoms with E-state index in [9.17, 15) is 4.79 Å². The van der Waals surface area contributed by atoms with Crippen molar-refractivity contribution in [2.75, 3.05) is 6.61 Å². The highest BCUT2D eigenvalue weighted by Gasteiger charge is 2.13. The number of ether oxygens (including phenoxy) is 2. The molecule has 7 heteroatoms. The zero-order valence-electron chi connectivity index (χ0n) is 18.4. The third kappa shape index (κ3) is 5.87. The molecule has 0 aliphatic carbocycles. The first-order valence-electron chi connectivity index (χ1n) is 10.7. The van der Waals surface area contributed by atoms with Crippen LogP contribution < -0.4 is 14.9 Å². The van der Waals surface area contributed by atoms with E-state index in [4.69, 9.17) is 32.7 Å². The Hall–Kier alpha value is -3.54. The van der Waals surface area contributed by atoms with Crippen LogP contribution in [-0.2, 0) is 6.61 Å². The topological polar surface area (TPSA) is 59.9 Å². The van der Waals surface area contributed by atoms with Crippen molar-refractivity contribution in [1.29, 1.82) is 0 Å². The van der Waals surface area contributed by atoms with Gasteiger partial charge in [0, 0.05) is 10.6 Å². The van der Waals surface area contributed by atoms with Crippen LogP contribution in [0.5, 0.6) is 11.5 Å². The third-order valence-corrected chi connectivity index (χ3v) is 5.55. The first kappa shape index (κ1) is 23.6. The van der Waals surface area contributed by atoms with Gasteiger partial charge in [-0.3, -0.25) is 4.79 Å². The molecule has 0 fully saturated rings. The van der Waals surface area contributed by atoms with Crippen LogP contribution in [0.1, 0.15) is 28.4 Å². The largest absolute Gasteiger partial charge is 0.490 e. The van der Waals surface area contributed by atoms with Gasteiger partial charge in [-0.25, -0.2) is 5.43 Å². The Morgan fingerprint density at radius 2 is 1.71 bits per heavy atom. The molecule has 0 bridgehead atoms. The molecule has 0 heterocycles. The maximum absolute atomic E-state index is 12.2. The van der Waals surface area contributed by atoms with Crippen molar-refractivity contribution < 1.29 is 14.3 Å². The van der Waals surface area contributed by atoms with E-state index >= 15 is 0 Å². The van der Waals surface area contributed by atoms with Crippen molar-refractivity contribution in [3.05, 3.63) is 106 Å². The fraction of sp³-hybridized carbons (Fsp3) is 0.111. The molecule has 0 saturated heterocycles. The van der Waals surface area contributed by atoms with Crippen molar-refractivity contribution in [2.24, 2.45) is 5.10 Å². The van der Waals surface area contributed by atoms with Gasteiger partial charge in [0.15, 0.2) is 11.5 Å². The number of benzene rings is 4. The highest BCUT2D eigenvalue weighted by molar-refractivity contribution is 6.32. The SMILES string of the molecule is CCOc1cc(/C=N\NC(=O)c2ccc(Cl)cc2)cc(Cl)c1OCc1ccc2ccccc2c1. The number of carbonyl (C=O) groups is 1. The van der Waals surface area contributed by atoms with E-state index in [2.05, 4.69) is 34.8 Å². The second kappa shape index (κ2) is 11.1. The molecule has 172 valence electrons. The number of fused-ring (bicyclic) bond motifs is 1. The number of nitrogens with zero attached hydrogens (tertiary/aromatic N) is 1. The van der Waals surface area contributed by atoms with Crippen LogP contribution in [0.2, 0.25) is 10.0 Å². The molecule has 0 unspecified atom stereocenters. The summed E-state index contributed by atoms with van der Waals surface area (Å²) in [5, 5.41) is 7.28. The number of amides is 1. The minimum Gasteiger partial charge on any atom is -0.490 e. The maximum Gasteiger partial charge on any atom is 0.271 e. The smallest absolute Gasteiger partial charge is 0.271 e. The van der Waals surface area contributed by atoms with Crippen LogP contribution in [0, 0.1) is 0 Å². The monoisotopic (exact) mass is 492 g/mol. The average molecular weight is 493 g/mol. The third-order valence-electron chi connectivity index (χ3n) is 5.01. The minimum atomic E-state index is -0.348. The quantitative estimate of drug-likeness (QED) is 0.215. The van der Waals surface area contributed by atoms with Gasteiger partial charge in [-0.2, -0.15) is 5.10 Å². The Morgan fingerprint density at radius 3 is 2.47 bits per heavy atom. The summed E-state index contributed by atoms with van der Waals surface area (Å²) in [5.74, 6) is 0.611. The Morgan fingerprint density at radius 1 is 0.941 bits per heavy atom. The molecule has 5 nitrogen and oxygen atoms in total. The zero-order chi connectivity index (χ0) is 23.9. The number of rotatable bonds is 8. The lowest BCUT2D eigenvalue weighted by Gasteiger charge is -2.15. The number of carbonyl (C=O) groups excluding carboxylic acids is 1.